The molecule has 1 atom stereocenters. The van der Waals surface area contributed by atoms with Gasteiger partial charge in [0.25, 0.3) is 5.91 Å². The van der Waals surface area contributed by atoms with E-state index in [2.05, 4.69) is 15.7 Å². The Morgan fingerprint density at radius 2 is 1.97 bits per heavy atom. The van der Waals surface area contributed by atoms with E-state index in [1.807, 2.05) is 19.9 Å². The Hall–Kier alpha value is -3.55. The number of phenols is 1. The van der Waals surface area contributed by atoms with Gasteiger partial charge in [0.2, 0.25) is 0 Å². The van der Waals surface area contributed by atoms with Crippen molar-refractivity contribution < 1.29 is 14.7 Å². The Morgan fingerprint density at radius 1 is 1.21 bits per heavy atom. The van der Waals surface area contributed by atoms with E-state index in [0.717, 1.165) is 37.8 Å². The Balaban J connectivity index is 1.67. The number of nitrogens with one attached hydrogen (secondary N) is 2. The molecule has 8 heteroatoms. The van der Waals surface area contributed by atoms with E-state index in [1.165, 1.54) is 10.7 Å². The second-order valence-corrected chi connectivity index (χ2v) is 8.80. The predicted octanol–water partition coefficient (Wildman–Crippen LogP) is 4.86. The van der Waals surface area contributed by atoms with Crippen molar-refractivity contribution in [3.8, 4) is 17.0 Å². The number of hydrogen-bond acceptors (Lipinski definition) is 4. The molecule has 2 amide bonds. The van der Waals surface area contributed by atoms with Crippen LogP contribution in [0.15, 0.2) is 42.6 Å². The minimum Gasteiger partial charge on any atom is -0.507 e. The fourth-order valence-corrected chi connectivity index (χ4v) is 4.29. The molecule has 2 heterocycles. The van der Waals surface area contributed by atoms with Gasteiger partial charge in [-0.3, -0.25) is 4.79 Å². The molecule has 0 radical (unpaired) electrons. The third kappa shape index (κ3) is 4.79. The molecule has 1 saturated carbocycles. The Labute approximate surface area is 193 Å². The summed E-state index contributed by atoms with van der Waals surface area (Å²) in [6.07, 6.45) is 6.91. The van der Waals surface area contributed by atoms with Crippen molar-refractivity contribution >= 4 is 17.6 Å². The summed E-state index contributed by atoms with van der Waals surface area (Å²) in [4.78, 5) is 25.6. The van der Waals surface area contributed by atoms with Crippen LogP contribution in [0.5, 0.6) is 5.75 Å². The van der Waals surface area contributed by atoms with Crippen LogP contribution in [0.2, 0.25) is 0 Å². The molecule has 1 aliphatic rings. The first-order chi connectivity index (χ1) is 15.9. The molecule has 4 rings (SSSR count). The molecule has 3 aromatic rings. The minimum absolute atomic E-state index is 0.0334. The average Bonchev–Trinajstić information content (AvgIpc) is 3.55. The van der Waals surface area contributed by atoms with Crippen LogP contribution in [0.4, 0.5) is 10.5 Å². The Kier molecular flexibility index (Phi) is 6.53. The fraction of sp³-hybridized carbons (Fsp3) is 0.400. The standard InChI is InChI=1S/C25H31N5O3/c1-4-16(2)26-25(33)30-22(17-8-5-6-9-17)15-20(28-30)19-14-18(11-12-23(19)31)27-24(32)21-10-7-13-29(21)3/h7,10-17,31H,4-6,8-9H2,1-3H3,(H,26,33)(H,27,32). The Bertz CT molecular complexity index is 1160. The number of carbonyl (C=O) groups excluding carboxylic acids is 2. The van der Waals surface area contributed by atoms with Crippen LogP contribution in [0.3, 0.4) is 0 Å². The summed E-state index contributed by atoms with van der Waals surface area (Å²) in [6, 6.07) is 10.1. The lowest BCUT2D eigenvalue weighted by atomic mass is 10.0. The lowest BCUT2D eigenvalue weighted by Gasteiger charge is -2.15. The van der Waals surface area contributed by atoms with Gasteiger partial charge < -0.3 is 20.3 Å². The van der Waals surface area contributed by atoms with Crippen molar-refractivity contribution in [2.24, 2.45) is 7.05 Å². The zero-order valence-corrected chi connectivity index (χ0v) is 19.3. The maximum atomic E-state index is 13.0. The van der Waals surface area contributed by atoms with Gasteiger partial charge in [0.15, 0.2) is 0 Å². The van der Waals surface area contributed by atoms with E-state index in [-0.39, 0.29) is 29.6 Å². The molecule has 3 N–H and O–H groups in total. The smallest absolute Gasteiger partial charge is 0.342 e. The van der Waals surface area contributed by atoms with Gasteiger partial charge in [-0.15, -0.1) is 0 Å². The van der Waals surface area contributed by atoms with E-state index >= 15 is 0 Å². The summed E-state index contributed by atoms with van der Waals surface area (Å²) in [6.45, 7) is 3.98. The number of aromatic hydroxyl groups is 1. The molecule has 8 nitrogen and oxygen atoms in total. The summed E-state index contributed by atoms with van der Waals surface area (Å²) in [5.41, 5.74) is 2.90. The molecule has 1 fully saturated rings. The average molecular weight is 450 g/mol. The number of carbonyl (C=O) groups is 2. The van der Waals surface area contributed by atoms with Gasteiger partial charge in [0.1, 0.15) is 11.4 Å². The van der Waals surface area contributed by atoms with Crippen molar-refractivity contribution in [1.82, 2.24) is 19.7 Å². The largest absolute Gasteiger partial charge is 0.507 e. The molecule has 1 aromatic carbocycles. The van der Waals surface area contributed by atoms with Crippen LogP contribution in [-0.2, 0) is 7.05 Å². The minimum atomic E-state index is -0.259. The van der Waals surface area contributed by atoms with Gasteiger partial charge in [-0.1, -0.05) is 19.8 Å². The molecular formula is C25H31N5O3. The van der Waals surface area contributed by atoms with Crippen molar-refractivity contribution in [2.75, 3.05) is 5.32 Å². The number of aromatic nitrogens is 3. The SMILES string of the molecule is CCC(C)NC(=O)n1nc(-c2cc(NC(=O)c3cccn3C)ccc2O)cc1C1CCCC1. The maximum Gasteiger partial charge on any atom is 0.342 e. The second kappa shape index (κ2) is 9.52. The topological polar surface area (TPSA) is 101 Å². The first-order valence-corrected chi connectivity index (χ1v) is 11.5. The van der Waals surface area contributed by atoms with Crippen LogP contribution >= 0.6 is 0 Å². The third-order valence-corrected chi connectivity index (χ3v) is 6.39. The molecule has 33 heavy (non-hydrogen) atoms. The molecule has 0 spiro atoms. The molecule has 2 aromatic heterocycles. The van der Waals surface area contributed by atoms with Crippen LogP contribution in [-0.4, -0.2) is 37.4 Å². The summed E-state index contributed by atoms with van der Waals surface area (Å²) >= 11 is 0. The number of benzene rings is 1. The fourth-order valence-electron chi connectivity index (χ4n) is 4.29. The van der Waals surface area contributed by atoms with Gasteiger partial charge in [0.05, 0.1) is 11.4 Å². The highest BCUT2D eigenvalue weighted by atomic mass is 16.3. The highest BCUT2D eigenvalue weighted by Gasteiger charge is 2.26. The van der Waals surface area contributed by atoms with E-state index < -0.39 is 0 Å². The summed E-state index contributed by atoms with van der Waals surface area (Å²) in [5.74, 6) is 0.0531. The number of hydrogen-bond donors (Lipinski definition) is 3. The van der Waals surface area contributed by atoms with Gasteiger partial charge in [-0.2, -0.15) is 9.78 Å². The highest BCUT2D eigenvalue weighted by molar-refractivity contribution is 6.03. The normalized spacial score (nSPS) is 14.9. The van der Waals surface area contributed by atoms with E-state index in [4.69, 9.17) is 0 Å². The van der Waals surface area contributed by atoms with Crippen LogP contribution in [0.25, 0.3) is 11.3 Å². The maximum absolute atomic E-state index is 13.0. The second-order valence-electron chi connectivity index (χ2n) is 8.80. The van der Waals surface area contributed by atoms with E-state index in [0.29, 0.717) is 22.6 Å². The van der Waals surface area contributed by atoms with Crippen molar-refractivity contribution in [3.05, 3.63) is 54.0 Å². The molecular weight excluding hydrogens is 418 g/mol. The zero-order valence-electron chi connectivity index (χ0n) is 19.3. The van der Waals surface area contributed by atoms with Crippen molar-refractivity contribution in [2.45, 2.75) is 57.9 Å². The third-order valence-electron chi connectivity index (χ3n) is 6.39. The number of rotatable bonds is 6. The number of aryl methyl sites for hydroxylation is 1. The number of nitrogens with zero attached hydrogens (tertiary/aromatic N) is 3. The quantitative estimate of drug-likeness (QED) is 0.468. The van der Waals surface area contributed by atoms with Gasteiger partial charge >= 0.3 is 6.03 Å². The van der Waals surface area contributed by atoms with Crippen molar-refractivity contribution in [1.29, 1.82) is 0 Å². The Morgan fingerprint density at radius 3 is 2.64 bits per heavy atom. The van der Waals surface area contributed by atoms with Crippen LogP contribution in [0, 0.1) is 0 Å². The lowest BCUT2D eigenvalue weighted by Crippen LogP contribution is -2.37. The van der Waals surface area contributed by atoms with E-state index in [9.17, 15) is 14.7 Å². The first kappa shape index (κ1) is 22.6. The summed E-state index contributed by atoms with van der Waals surface area (Å²) in [7, 11) is 1.80. The van der Waals surface area contributed by atoms with Gasteiger partial charge in [-0.25, -0.2) is 4.79 Å². The van der Waals surface area contributed by atoms with Crippen LogP contribution in [0.1, 0.15) is 68.1 Å². The summed E-state index contributed by atoms with van der Waals surface area (Å²) in [5, 5.41) is 21.0. The molecule has 0 bridgehead atoms. The van der Waals surface area contributed by atoms with Crippen LogP contribution < -0.4 is 10.6 Å². The molecule has 1 aliphatic carbocycles. The van der Waals surface area contributed by atoms with Crippen molar-refractivity contribution in [3.63, 3.8) is 0 Å². The molecule has 1 unspecified atom stereocenters. The lowest BCUT2D eigenvalue weighted by molar-refractivity contribution is 0.101. The van der Waals surface area contributed by atoms with E-state index in [1.54, 1.807) is 42.1 Å². The molecule has 0 saturated heterocycles. The number of amides is 2. The molecule has 0 aliphatic heterocycles. The first-order valence-electron chi connectivity index (χ1n) is 11.5. The zero-order chi connectivity index (χ0) is 23.5. The van der Waals surface area contributed by atoms with Gasteiger partial charge in [0, 0.05) is 36.5 Å². The number of phenolic OH excluding ortho intramolecular Hbond substituents is 1. The number of anilines is 1. The predicted molar refractivity (Wildman–Crippen MR) is 128 cm³/mol. The summed E-state index contributed by atoms with van der Waals surface area (Å²) < 4.78 is 3.19. The van der Waals surface area contributed by atoms with Gasteiger partial charge in [-0.05, 0) is 62.6 Å². The highest BCUT2D eigenvalue weighted by Crippen LogP contribution is 2.38. The monoisotopic (exact) mass is 449 g/mol. The molecule has 174 valence electrons.